The van der Waals surface area contributed by atoms with Crippen LogP contribution in [-0.2, 0) is 0 Å². The van der Waals surface area contributed by atoms with Gasteiger partial charge in [0.15, 0.2) is 11.6 Å². The largest absolute Gasteiger partial charge is 0.494 e. The van der Waals surface area contributed by atoms with Crippen LogP contribution in [0.2, 0.25) is 0 Å². The monoisotopic (exact) mass is 235 g/mol. The molecule has 3 N–H and O–H groups in total. The summed E-state index contributed by atoms with van der Waals surface area (Å²) in [5.74, 6) is -0.373. The number of nitrogens with two attached hydrogens (primary N) is 1. The van der Waals surface area contributed by atoms with Crippen LogP contribution in [-0.4, -0.2) is 18.3 Å². The highest BCUT2D eigenvalue weighted by molar-refractivity contribution is 5.85. The highest BCUT2D eigenvalue weighted by Crippen LogP contribution is 2.25. The summed E-state index contributed by atoms with van der Waals surface area (Å²) in [7, 11) is 1.39. The predicted octanol–water partition coefficient (Wildman–Crippen LogP) is 1.64. The zero-order valence-electron chi connectivity index (χ0n) is 8.61. The van der Waals surface area contributed by atoms with Crippen LogP contribution in [0.5, 0.6) is 5.75 Å². The number of benzene rings is 1. The van der Waals surface area contributed by atoms with E-state index < -0.39 is 18.0 Å². The van der Waals surface area contributed by atoms with Gasteiger partial charge in [-0.2, -0.15) is 0 Å². The molecule has 0 bridgehead atoms. The molecular weight excluding hydrogens is 221 g/mol. The fourth-order valence-corrected chi connectivity index (χ4v) is 1.20. The number of ether oxygens (including phenoxy) is 1. The van der Waals surface area contributed by atoms with Gasteiger partial charge < -0.3 is 15.6 Å². The highest BCUT2D eigenvalue weighted by atomic mass is 35.5. The number of halogens is 2. The van der Waals surface area contributed by atoms with E-state index in [2.05, 4.69) is 0 Å². The van der Waals surface area contributed by atoms with Gasteiger partial charge >= 0.3 is 0 Å². The second-order valence-corrected chi connectivity index (χ2v) is 3.13. The molecule has 0 amide bonds. The average Bonchev–Trinajstić information content (AvgIpc) is 2.17. The molecule has 86 valence electrons. The van der Waals surface area contributed by atoms with Crippen molar-refractivity contribution in [3.8, 4) is 5.75 Å². The molecule has 0 spiro atoms. The molecule has 0 aliphatic rings. The van der Waals surface area contributed by atoms with Crippen molar-refractivity contribution in [2.75, 3.05) is 7.11 Å². The molecule has 5 heteroatoms. The van der Waals surface area contributed by atoms with Crippen LogP contribution in [0.4, 0.5) is 4.39 Å². The molecule has 0 saturated carbocycles. The van der Waals surface area contributed by atoms with Crippen LogP contribution in [0.1, 0.15) is 18.5 Å². The predicted molar refractivity (Wildman–Crippen MR) is 58.8 cm³/mol. The first-order valence-electron chi connectivity index (χ1n) is 4.34. The molecule has 15 heavy (non-hydrogen) atoms. The number of hydrogen-bond acceptors (Lipinski definition) is 3. The summed E-state index contributed by atoms with van der Waals surface area (Å²) in [5.41, 5.74) is 5.88. The number of hydrogen-bond donors (Lipinski definition) is 2. The third kappa shape index (κ3) is 3.06. The molecule has 2 atom stereocenters. The minimum Gasteiger partial charge on any atom is -0.494 e. The zero-order chi connectivity index (χ0) is 10.7. The normalized spacial score (nSPS) is 13.9. The molecule has 0 heterocycles. The van der Waals surface area contributed by atoms with Gasteiger partial charge in [0.25, 0.3) is 0 Å². The van der Waals surface area contributed by atoms with Gasteiger partial charge in [0.1, 0.15) is 0 Å². The lowest BCUT2D eigenvalue weighted by Crippen LogP contribution is -2.24. The van der Waals surface area contributed by atoms with Crippen LogP contribution in [0.3, 0.4) is 0 Å². The second kappa shape index (κ2) is 5.90. The van der Waals surface area contributed by atoms with Crippen molar-refractivity contribution in [1.82, 2.24) is 0 Å². The van der Waals surface area contributed by atoms with Crippen LogP contribution < -0.4 is 10.5 Å². The van der Waals surface area contributed by atoms with E-state index in [0.29, 0.717) is 0 Å². The second-order valence-electron chi connectivity index (χ2n) is 3.13. The molecule has 0 radical (unpaired) electrons. The summed E-state index contributed by atoms with van der Waals surface area (Å²) >= 11 is 0. The van der Waals surface area contributed by atoms with Gasteiger partial charge in [0.05, 0.1) is 19.3 Å². The summed E-state index contributed by atoms with van der Waals surface area (Å²) in [6, 6.07) is 3.95. The molecule has 0 aliphatic heterocycles. The fraction of sp³-hybridized carbons (Fsp3) is 0.400. The molecule has 0 aromatic heterocycles. The number of methoxy groups -OCH3 is 1. The Morgan fingerprint density at radius 1 is 1.47 bits per heavy atom. The van der Waals surface area contributed by atoms with Crippen LogP contribution in [0, 0.1) is 5.82 Å². The summed E-state index contributed by atoms with van der Waals surface area (Å²) < 4.78 is 18.4. The van der Waals surface area contributed by atoms with Gasteiger partial charge in [-0.25, -0.2) is 4.39 Å². The van der Waals surface area contributed by atoms with E-state index in [1.54, 1.807) is 6.07 Å². The third-order valence-electron chi connectivity index (χ3n) is 2.09. The number of aliphatic hydroxyl groups is 1. The van der Waals surface area contributed by atoms with Crippen LogP contribution in [0.25, 0.3) is 0 Å². The van der Waals surface area contributed by atoms with Crippen molar-refractivity contribution in [3.05, 3.63) is 29.6 Å². The van der Waals surface area contributed by atoms with Crippen molar-refractivity contribution in [3.63, 3.8) is 0 Å². The van der Waals surface area contributed by atoms with Crippen LogP contribution in [0.15, 0.2) is 18.2 Å². The quantitative estimate of drug-likeness (QED) is 0.838. The molecule has 3 nitrogen and oxygen atoms in total. The van der Waals surface area contributed by atoms with Gasteiger partial charge in [0, 0.05) is 5.56 Å². The van der Waals surface area contributed by atoms with Gasteiger partial charge in [-0.05, 0) is 13.0 Å². The van der Waals surface area contributed by atoms with Crippen molar-refractivity contribution < 1.29 is 14.2 Å². The average molecular weight is 236 g/mol. The lowest BCUT2D eigenvalue weighted by molar-refractivity contribution is 0.162. The summed E-state index contributed by atoms with van der Waals surface area (Å²) in [6.07, 6.45) is -0.795. The van der Waals surface area contributed by atoms with E-state index in [0.717, 1.165) is 0 Å². The van der Waals surface area contributed by atoms with E-state index in [9.17, 15) is 9.50 Å². The maximum absolute atomic E-state index is 13.6. The number of rotatable bonds is 3. The Labute approximate surface area is 94.5 Å². The first-order valence-corrected chi connectivity index (χ1v) is 4.34. The van der Waals surface area contributed by atoms with Gasteiger partial charge in [-0.1, -0.05) is 12.1 Å². The lowest BCUT2D eigenvalue weighted by atomic mass is 10.0. The Morgan fingerprint density at radius 3 is 2.53 bits per heavy atom. The number of aliphatic hydroxyl groups excluding tert-OH is 1. The SMILES string of the molecule is COc1cccc([C@@H](N)[C@H](C)O)c1F.Cl. The Hall–Kier alpha value is -0.840. The molecular formula is C10H15ClFNO2. The van der Waals surface area contributed by atoms with E-state index in [1.807, 2.05) is 0 Å². The smallest absolute Gasteiger partial charge is 0.169 e. The topological polar surface area (TPSA) is 55.5 Å². The van der Waals surface area contributed by atoms with Gasteiger partial charge in [-0.3, -0.25) is 0 Å². The minimum absolute atomic E-state index is 0. The fourth-order valence-electron chi connectivity index (χ4n) is 1.20. The molecule has 1 aromatic rings. The lowest BCUT2D eigenvalue weighted by Gasteiger charge is -2.16. The molecule has 0 aliphatic carbocycles. The molecule has 1 rings (SSSR count). The standard InChI is InChI=1S/C10H14FNO2.ClH/c1-6(13)10(12)7-4-3-5-8(14-2)9(7)11;/h3-6,10,13H,12H2,1-2H3;1H/t6-,10-;/m0./s1. The van der Waals surface area contributed by atoms with E-state index in [4.69, 9.17) is 10.5 Å². The van der Waals surface area contributed by atoms with Crippen molar-refractivity contribution in [2.45, 2.75) is 19.1 Å². The summed E-state index contributed by atoms with van der Waals surface area (Å²) in [6.45, 7) is 1.52. The minimum atomic E-state index is -0.795. The maximum atomic E-state index is 13.6. The maximum Gasteiger partial charge on any atom is 0.169 e. The third-order valence-corrected chi connectivity index (χ3v) is 2.09. The van der Waals surface area contributed by atoms with Crippen LogP contribution >= 0.6 is 12.4 Å². The molecule has 0 unspecified atom stereocenters. The van der Waals surface area contributed by atoms with Gasteiger partial charge in [0.2, 0.25) is 0 Å². The Morgan fingerprint density at radius 2 is 2.07 bits per heavy atom. The molecule has 1 aromatic carbocycles. The van der Waals surface area contributed by atoms with Crippen molar-refractivity contribution in [1.29, 1.82) is 0 Å². The van der Waals surface area contributed by atoms with Gasteiger partial charge in [-0.15, -0.1) is 12.4 Å². The first-order chi connectivity index (χ1) is 6.57. The summed E-state index contributed by atoms with van der Waals surface area (Å²) in [4.78, 5) is 0. The van der Waals surface area contributed by atoms with E-state index >= 15 is 0 Å². The Balaban J connectivity index is 0.00000196. The summed E-state index contributed by atoms with van der Waals surface area (Å²) in [5, 5.41) is 9.23. The zero-order valence-corrected chi connectivity index (χ0v) is 9.42. The molecule has 0 saturated heterocycles. The van der Waals surface area contributed by atoms with Crippen molar-refractivity contribution >= 4 is 12.4 Å². The first kappa shape index (κ1) is 14.2. The van der Waals surface area contributed by atoms with E-state index in [-0.39, 0.29) is 23.7 Å². The Kier molecular flexibility index (Phi) is 5.57. The Bertz CT molecular complexity index is 320. The van der Waals surface area contributed by atoms with Crippen molar-refractivity contribution in [2.24, 2.45) is 5.73 Å². The molecule has 0 fully saturated rings. The highest BCUT2D eigenvalue weighted by Gasteiger charge is 2.18. The van der Waals surface area contributed by atoms with E-state index in [1.165, 1.54) is 26.2 Å².